The first kappa shape index (κ1) is 11.0. The molecule has 0 spiro atoms. The Morgan fingerprint density at radius 3 is 2.75 bits per heavy atom. The van der Waals surface area contributed by atoms with Crippen LogP contribution in [0, 0.1) is 0 Å². The van der Waals surface area contributed by atoms with Gasteiger partial charge in [0.2, 0.25) is 5.91 Å². The number of benzene rings is 1. The number of phenolic OH excluding ortho intramolecular Hbond substituents is 1. The minimum absolute atomic E-state index is 0.0491. The fourth-order valence-electron chi connectivity index (χ4n) is 1.70. The number of phenols is 1. The lowest BCUT2D eigenvalue weighted by atomic mass is 10.1. The lowest BCUT2D eigenvalue weighted by molar-refractivity contribution is -0.132. The van der Waals surface area contributed by atoms with Crippen LogP contribution in [0.5, 0.6) is 5.75 Å². The van der Waals surface area contributed by atoms with Gasteiger partial charge in [-0.25, -0.2) is 0 Å². The molecule has 1 aromatic carbocycles. The Bertz CT molecular complexity index is 388. The normalized spacial score (nSPS) is 15.6. The van der Waals surface area contributed by atoms with Crippen LogP contribution in [0.3, 0.4) is 0 Å². The number of carbonyl (C=O) groups excluding carboxylic acids is 1. The molecule has 1 aromatic rings. The summed E-state index contributed by atoms with van der Waals surface area (Å²) < 4.78 is 0. The van der Waals surface area contributed by atoms with Crippen molar-refractivity contribution in [2.45, 2.75) is 12.5 Å². The zero-order valence-corrected chi connectivity index (χ0v) is 9.31. The third kappa shape index (κ3) is 2.17. The molecular weight excluding hydrogens is 204 g/mol. The van der Waals surface area contributed by atoms with Gasteiger partial charge in [0, 0.05) is 25.7 Å². The molecule has 4 nitrogen and oxygen atoms in total. The van der Waals surface area contributed by atoms with E-state index in [1.54, 1.807) is 23.1 Å². The molecule has 0 atom stereocenters. The highest BCUT2D eigenvalue weighted by atomic mass is 16.3. The number of likely N-dealkylation sites (N-methyl/N-ethyl adjacent to an activating group) is 1. The number of amides is 1. The summed E-state index contributed by atoms with van der Waals surface area (Å²) in [5.74, 6) is 0.240. The molecule has 1 fully saturated rings. The first-order valence-corrected chi connectivity index (χ1v) is 5.41. The van der Waals surface area contributed by atoms with E-state index in [-0.39, 0.29) is 18.1 Å². The fourth-order valence-corrected chi connectivity index (χ4v) is 1.70. The third-order valence-corrected chi connectivity index (χ3v) is 3.03. The summed E-state index contributed by atoms with van der Waals surface area (Å²) in [5.41, 5.74) is 0.687. The Morgan fingerprint density at radius 2 is 2.19 bits per heavy atom. The smallest absolute Gasteiger partial charge is 0.227 e. The van der Waals surface area contributed by atoms with Crippen molar-refractivity contribution in [1.82, 2.24) is 10.2 Å². The van der Waals surface area contributed by atoms with E-state index in [0.717, 1.165) is 13.1 Å². The molecule has 0 unspecified atom stereocenters. The van der Waals surface area contributed by atoms with Gasteiger partial charge in [-0.05, 0) is 6.07 Å². The SMILES string of the molecule is CN(C(=O)Cc1ccccc1O)C1CNC1. The van der Waals surface area contributed by atoms with Crippen molar-refractivity contribution in [3.05, 3.63) is 29.8 Å². The molecule has 4 heteroatoms. The van der Waals surface area contributed by atoms with E-state index in [9.17, 15) is 9.90 Å². The summed E-state index contributed by atoms with van der Waals surface area (Å²) in [4.78, 5) is 13.6. The van der Waals surface area contributed by atoms with Crippen LogP contribution in [0.1, 0.15) is 5.56 Å². The predicted octanol–water partition coefficient (Wildman–Crippen LogP) is 0.365. The molecule has 0 saturated carbocycles. The average molecular weight is 220 g/mol. The average Bonchev–Trinajstić information content (AvgIpc) is 2.18. The van der Waals surface area contributed by atoms with Crippen LogP contribution in [0.4, 0.5) is 0 Å². The Hall–Kier alpha value is -1.55. The third-order valence-electron chi connectivity index (χ3n) is 3.03. The van der Waals surface area contributed by atoms with Crippen molar-refractivity contribution >= 4 is 5.91 Å². The van der Waals surface area contributed by atoms with Crippen molar-refractivity contribution in [1.29, 1.82) is 0 Å². The standard InChI is InChI=1S/C12H16N2O2/c1-14(10-7-13-8-10)12(16)6-9-4-2-3-5-11(9)15/h2-5,10,13,15H,6-8H2,1H3. The summed E-state index contributed by atoms with van der Waals surface area (Å²) in [7, 11) is 1.81. The number of carbonyl (C=O) groups is 1. The molecule has 1 aliphatic heterocycles. The number of nitrogens with zero attached hydrogens (tertiary/aromatic N) is 1. The summed E-state index contributed by atoms with van der Waals surface area (Å²) in [6.45, 7) is 1.73. The van der Waals surface area contributed by atoms with Crippen molar-refractivity contribution < 1.29 is 9.90 Å². The zero-order valence-electron chi connectivity index (χ0n) is 9.31. The van der Waals surface area contributed by atoms with Crippen LogP contribution in [-0.2, 0) is 11.2 Å². The van der Waals surface area contributed by atoms with E-state index in [1.807, 2.05) is 13.1 Å². The van der Waals surface area contributed by atoms with Crippen molar-refractivity contribution in [3.63, 3.8) is 0 Å². The van der Waals surface area contributed by atoms with Gasteiger partial charge in [0.05, 0.1) is 12.5 Å². The second-order valence-electron chi connectivity index (χ2n) is 4.12. The number of aromatic hydroxyl groups is 1. The Labute approximate surface area is 94.9 Å². The van der Waals surface area contributed by atoms with Gasteiger partial charge in [0.1, 0.15) is 5.75 Å². The van der Waals surface area contributed by atoms with E-state index in [4.69, 9.17) is 0 Å². The van der Waals surface area contributed by atoms with E-state index in [1.165, 1.54) is 0 Å². The molecule has 1 saturated heterocycles. The van der Waals surface area contributed by atoms with Crippen LogP contribution in [0.2, 0.25) is 0 Å². The zero-order chi connectivity index (χ0) is 11.5. The van der Waals surface area contributed by atoms with Gasteiger partial charge in [-0.3, -0.25) is 4.79 Å². The molecule has 86 valence electrons. The summed E-state index contributed by atoms with van der Waals surface area (Å²) in [6, 6.07) is 7.27. The largest absolute Gasteiger partial charge is 0.508 e. The van der Waals surface area contributed by atoms with E-state index in [2.05, 4.69) is 5.32 Å². The van der Waals surface area contributed by atoms with Gasteiger partial charge in [-0.1, -0.05) is 18.2 Å². The Kier molecular flexibility index (Phi) is 3.10. The Balaban J connectivity index is 1.99. The van der Waals surface area contributed by atoms with Crippen LogP contribution in [0.25, 0.3) is 0 Å². The van der Waals surface area contributed by atoms with E-state index >= 15 is 0 Å². The van der Waals surface area contributed by atoms with Crippen LogP contribution >= 0.6 is 0 Å². The minimum atomic E-state index is 0.0491. The molecule has 16 heavy (non-hydrogen) atoms. The van der Waals surface area contributed by atoms with E-state index in [0.29, 0.717) is 11.6 Å². The van der Waals surface area contributed by atoms with Gasteiger partial charge in [0.25, 0.3) is 0 Å². The monoisotopic (exact) mass is 220 g/mol. The Morgan fingerprint density at radius 1 is 1.50 bits per heavy atom. The molecule has 0 bridgehead atoms. The number of hydrogen-bond acceptors (Lipinski definition) is 3. The second kappa shape index (κ2) is 4.53. The number of nitrogens with one attached hydrogen (secondary N) is 1. The molecular formula is C12H16N2O2. The van der Waals surface area contributed by atoms with Gasteiger partial charge >= 0.3 is 0 Å². The highest BCUT2D eigenvalue weighted by molar-refractivity contribution is 5.79. The summed E-state index contributed by atoms with van der Waals surface area (Å²) >= 11 is 0. The topological polar surface area (TPSA) is 52.6 Å². The molecule has 1 heterocycles. The van der Waals surface area contributed by atoms with Gasteiger partial charge in [-0.15, -0.1) is 0 Å². The van der Waals surface area contributed by atoms with Gasteiger partial charge < -0.3 is 15.3 Å². The number of para-hydroxylation sites is 1. The molecule has 2 N–H and O–H groups in total. The molecule has 0 aliphatic carbocycles. The summed E-state index contributed by atoms with van der Waals surface area (Å²) in [5, 5.41) is 12.7. The first-order chi connectivity index (χ1) is 7.68. The number of rotatable bonds is 3. The predicted molar refractivity (Wildman–Crippen MR) is 61.2 cm³/mol. The maximum atomic E-state index is 11.9. The molecule has 1 amide bonds. The van der Waals surface area contributed by atoms with Crippen molar-refractivity contribution in [2.24, 2.45) is 0 Å². The first-order valence-electron chi connectivity index (χ1n) is 5.41. The quantitative estimate of drug-likeness (QED) is 0.773. The van der Waals surface area contributed by atoms with Gasteiger partial charge in [-0.2, -0.15) is 0 Å². The number of hydrogen-bond donors (Lipinski definition) is 2. The fraction of sp³-hybridized carbons (Fsp3) is 0.417. The maximum Gasteiger partial charge on any atom is 0.227 e. The van der Waals surface area contributed by atoms with E-state index < -0.39 is 0 Å². The minimum Gasteiger partial charge on any atom is -0.508 e. The molecule has 0 aromatic heterocycles. The highest BCUT2D eigenvalue weighted by Crippen LogP contribution is 2.17. The van der Waals surface area contributed by atoms with Crippen molar-refractivity contribution in [2.75, 3.05) is 20.1 Å². The van der Waals surface area contributed by atoms with Crippen LogP contribution in [-0.4, -0.2) is 42.1 Å². The molecule has 1 aliphatic rings. The lowest BCUT2D eigenvalue weighted by Crippen LogP contribution is -2.57. The van der Waals surface area contributed by atoms with Crippen LogP contribution in [0.15, 0.2) is 24.3 Å². The molecule has 0 radical (unpaired) electrons. The maximum absolute atomic E-state index is 11.9. The summed E-state index contributed by atoms with van der Waals surface area (Å²) in [6.07, 6.45) is 0.264. The lowest BCUT2D eigenvalue weighted by Gasteiger charge is -2.35. The van der Waals surface area contributed by atoms with Gasteiger partial charge in [0.15, 0.2) is 0 Å². The highest BCUT2D eigenvalue weighted by Gasteiger charge is 2.25. The van der Waals surface area contributed by atoms with Crippen molar-refractivity contribution in [3.8, 4) is 5.75 Å². The van der Waals surface area contributed by atoms with Crippen LogP contribution < -0.4 is 5.32 Å². The second-order valence-corrected chi connectivity index (χ2v) is 4.12. The molecule has 2 rings (SSSR count).